The first-order chi connectivity index (χ1) is 14.5. The van der Waals surface area contributed by atoms with E-state index in [-0.39, 0.29) is 0 Å². The van der Waals surface area contributed by atoms with Gasteiger partial charge in [0.25, 0.3) is 0 Å². The number of thiophene rings is 1. The van der Waals surface area contributed by atoms with Crippen molar-refractivity contribution in [2.75, 3.05) is 14.2 Å². The van der Waals surface area contributed by atoms with Crippen LogP contribution in [-0.2, 0) is 19.7 Å². The largest absolute Gasteiger partial charge is 0.493 e. The summed E-state index contributed by atoms with van der Waals surface area (Å²) in [6, 6.07) is 15.5. The molecule has 0 atom stereocenters. The van der Waals surface area contributed by atoms with Crippen molar-refractivity contribution >= 4 is 17.3 Å². The fourth-order valence-electron chi connectivity index (χ4n) is 3.05. The standard InChI is InChI=1S/C23H25NO5S/c1-15-18(11-21(30-15)23(25)26)13-24-12-17-9-19(27-2)22(20(10-17)28-3)29-14-16-7-5-4-6-8-16/h4-11,24H,12-14H2,1-3H3,(H,25,26). The van der Waals surface area contributed by atoms with Crippen LogP contribution in [0.15, 0.2) is 48.5 Å². The van der Waals surface area contributed by atoms with E-state index in [1.165, 1.54) is 11.3 Å². The molecular formula is C23H25NO5S. The lowest BCUT2D eigenvalue weighted by atomic mass is 10.1. The molecule has 2 aromatic carbocycles. The molecule has 3 aromatic rings. The normalized spacial score (nSPS) is 10.6. The second kappa shape index (κ2) is 10.1. The molecule has 6 nitrogen and oxygen atoms in total. The number of carboxylic acids is 1. The zero-order valence-electron chi connectivity index (χ0n) is 17.2. The molecule has 0 radical (unpaired) electrons. The van der Waals surface area contributed by atoms with Crippen LogP contribution in [-0.4, -0.2) is 25.3 Å². The molecule has 0 aliphatic heterocycles. The van der Waals surface area contributed by atoms with Gasteiger partial charge >= 0.3 is 5.97 Å². The Balaban J connectivity index is 1.69. The van der Waals surface area contributed by atoms with E-state index >= 15 is 0 Å². The first kappa shape index (κ1) is 21.7. The fourth-order valence-corrected chi connectivity index (χ4v) is 3.93. The topological polar surface area (TPSA) is 77.0 Å². The van der Waals surface area contributed by atoms with Crippen LogP contribution in [0.25, 0.3) is 0 Å². The molecule has 158 valence electrons. The van der Waals surface area contributed by atoms with Gasteiger partial charge in [0.2, 0.25) is 5.75 Å². The Bertz CT molecular complexity index is 975. The molecule has 0 aliphatic carbocycles. The highest BCUT2D eigenvalue weighted by molar-refractivity contribution is 7.14. The summed E-state index contributed by atoms with van der Waals surface area (Å²) in [4.78, 5) is 12.5. The molecule has 0 spiro atoms. The zero-order chi connectivity index (χ0) is 21.5. The lowest BCUT2D eigenvalue weighted by Crippen LogP contribution is -2.13. The van der Waals surface area contributed by atoms with Gasteiger partial charge in [-0.1, -0.05) is 30.3 Å². The van der Waals surface area contributed by atoms with E-state index in [2.05, 4.69) is 5.32 Å². The molecule has 2 N–H and O–H groups in total. The van der Waals surface area contributed by atoms with Gasteiger partial charge < -0.3 is 24.6 Å². The molecule has 0 saturated heterocycles. The summed E-state index contributed by atoms with van der Waals surface area (Å²) >= 11 is 1.29. The average Bonchev–Trinajstić information content (AvgIpc) is 3.13. The van der Waals surface area contributed by atoms with Crippen molar-refractivity contribution in [2.24, 2.45) is 0 Å². The van der Waals surface area contributed by atoms with Crippen LogP contribution >= 0.6 is 11.3 Å². The number of methoxy groups -OCH3 is 2. The van der Waals surface area contributed by atoms with E-state index in [1.807, 2.05) is 49.4 Å². The minimum atomic E-state index is -0.894. The van der Waals surface area contributed by atoms with E-state index in [4.69, 9.17) is 19.3 Å². The summed E-state index contributed by atoms with van der Waals surface area (Å²) in [5.74, 6) is 0.867. The molecule has 0 unspecified atom stereocenters. The van der Waals surface area contributed by atoms with Crippen molar-refractivity contribution in [1.82, 2.24) is 5.32 Å². The van der Waals surface area contributed by atoms with Crippen molar-refractivity contribution in [3.63, 3.8) is 0 Å². The van der Waals surface area contributed by atoms with Crippen molar-refractivity contribution in [1.29, 1.82) is 0 Å². The van der Waals surface area contributed by atoms with Crippen LogP contribution in [0.4, 0.5) is 0 Å². The monoisotopic (exact) mass is 427 g/mol. The van der Waals surface area contributed by atoms with Crippen LogP contribution in [0.1, 0.15) is 31.2 Å². The number of aryl methyl sites for hydroxylation is 1. The summed E-state index contributed by atoms with van der Waals surface area (Å²) in [6.07, 6.45) is 0. The molecule has 7 heteroatoms. The maximum atomic E-state index is 11.1. The number of carbonyl (C=O) groups is 1. The van der Waals surface area contributed by atoms with Crippen molar-refractivity contribution in [3.8, 4) is 17.2 Å². The highest BCUT2D eigenvalue weighted by Gasteiger charge is 2.15. The fraction of sp³-hybridized carbons (Fsp3) is 0.261. The number of hydrogen-bond acceptors (Lipinski definition) is 6. The van der Waals surface area contributed by atoms with Gasteiger partial charge in [0.15, 0.2) is 11.5 Å². The van der Waals surface area contributed by atoms with Crippen LogP contribution in [0.3, 0.4) is 0 Å². The zero-order valence-corrected chi connectivity index (χ0v) is 18.0. The molecular weight excluding hydrogens is 402 g/mol. The maximum Gasteiger partial charge on any atom is 0.345 e. The average molecular weight is 428 g/mol. The van der Waals surface area contributed by atoms with Crippen molar-refractivity contribution < 1.29 is 24.1 Å². The molecule has 1 aromatic heterocycles. The lowest BCUT2D eigenvalue weighted by Gasteiger charge is -2.16. The minimum absolute atomic E-state index is 0.354. The summed E-state index contributed by atoms with van der Waals surface area (Å²) < 4.78 is 17.0. The van der Waals surface area contributed by atoms with Gasteiger partial charge in [-0.3, -0.25) is 0 Å². The van der Waals surface area contributed by atoms with Gasteiger partial charge in [-0.05, 0) is 41.8 Å². The number of ether oxygens (including phenoxy) is 3. The minimum Gasteiger partial charge on any atom is -0.493 e. The van der Waals surface area contributed by atoms with E-state index in [1.54, 1.807) is 20.3 Å². The molecule has 3 rings (SSSR count). The highest BCUT2D eigenvalue weighted by atomic mass is 32.1. The quantitative estimate of drug-likeness (QED) is 0.491. The third kappa shape index (κ3) is 5.31. The molecule has 0 fully saturated rings. The summed E-state index contributed by atoms with van der Waals surface area (Å²) in [7, 11) is 3.20. The number of benzene rings is 2. The number of rotatable bonds is 10. The van der Waals surface area contributed by atoms with Crippen LogP contribution in [0.2, 0.25) is 0 Å². The molecule has 0 aliphatic rings. The van der Waals surface area contributed by atoms with Gasteiger partial charge in [0.1, 0.15) is 11.5 Å². The Labute approximate surface area is 180 Å². The summed E-state index contributed by atoms with van der Waals surface area (Å²) in [5, 5.41) is 12.5. The molecule has 30 heavy (non-hydrogen) atoms. The Morgan fingerprint density at radius 2 is 1.67 bits per heavy atom. The second-order valence-corrected chi connectivity index (χ2v) is 7.96. The van der Waals surface area contributed by atoms with E-state index in [9.17, 15) is 4.79 Å². The van der Waals surface area contributed by atoms with Crippen LogP contribution in [0, 0.1) is 6.92 Å². The van der Waals surface area contributed by atoms with Crippen LogP contribution in [0.5, 0.6) is 17.2 Å². The van der Waals surface area contributed by atoms with Crippen molar-refractivity contribution in [2.45, 2.75) is 26.6 Å². The Kier molecular flexibility index (Phi) is 7.32. The van der Waals surface area contributed by atoms with Gasteiger partial charge in [-0.2, -0.15) is 0 Å². The van der Waals surface area contributed by atoms with E-state index in [0.29, 0.717) is 41.8 Å². The molecule has 0 saturated carbocycles. The van der Waals surface area contributed by atoms with Gasteiger partial charge in [0, 0.05) is 18.0 Å². The SMILES string of the molecule is COc1cc(CNCc2cc(C(=O)O)sc2C)cc(OC)c1OCc1ccccc1. The number of carboxylic acid groups (broad SMARTS) is 1. The number of hydrogen-bond donors (Lipinski definition) is 2. The Morgan fingerprint density at radius 1 is 1.00 bits per heavy atom. The van der Waals surface area contributed by atoms with E-state index in [0.717, 1.165) is 21.6 Å². The Morgan fingerprint density at radius 3 is 2.23 bits per heavy atom. The molecule has 1 heterocycles. The molecule has 0 bridgehead atoms. The van der Waals surface area contributed by atoms with Gasteiger partial charge in [0.05, 0.1) is 14.2 Å². The number of nitrogens with one attached hydrogen (secondary N) is 1. The summed E-state index contributed by atoms with van der Waals surface area (Å²) in [6.45, 7) is 3.49. The summed E-state index contributed by atoms with van der Waals surface area (Å²) in [5.41, 5.74) is 3.01. The first-order valence-corrected chi connectivity index (χ1v) is 10.3. The van der Waals surface area contributed by atoms with Crippen molar-refractivity contribution in [3.05, 3.63) is 75.0 Å². The van der Waals surface area contributed by atoms with Crippen LogP contribution < -0.4 is 19.5 Å². The van der Waals surface area contributed by atoms with E-state index < -0.39 is 5.97 Å². The maximum absolute atomic E-state index is 11.1. The smallest absolute Gasteiger partial charge is 0.345 e. The predicted molar refractivity (Wildman–Crippen MR) is 117 cm³/mol. The second-order valence-electron chi connectivity index (χ2n) is 6.70. The lowest BCUT2D eigenvalue weighted by molar-refractivity contribution is 0.0702. The molecule has 0 amide bonds. The third-order valence-electron chi connectivity index (χ3n) is 4.62. The van der Waals surface area contributed by atoms with Gasteiger partial charge in [-0.15, -0.1) is 11.3 Å². The number of aromatic carboxylic acids is 1. The highest BCUT2D eigenvalue weighted by Crippen LogP contribution is 2.39. The first-order valence-electron chi connectivity index (χ1n) is 9.46. The Hall–Kier alpha value is -3.03. The predicted octanol–water partition coefficient (Wildman–Crippen LogP) is 4.64. The van der Waals surface area contributed by atoms with Gasteiger partial charge in [-0.25, -0.2) is 4.79 Å². The third-order valence-corrected chi connectivity index (χ3v) is 5.70.